The fraction of sp³-hybridized carbons (Fsp3) is 0.607. The molecule has 1 N–H and O–H groups in total. The van der Waals surface area contributed by atoms with Gasteiger partial charge in [-0.3, -0.25) is 9.69 Å². The van der Waals surface area contributed by atoms with Crippen LogP contribution in [0.15, 0.2) is 18.2 Å². The Morgan fingerprint density at radius 3 is 2.50 bits per heavy atom. The lowest BCUT2D eigenvalue weighted by molar-refractivity contribution is -0.124. The van der Waals surface area contributed by atoms with E-state index in [9.17, 15) is 14.4 Å². The number of H-pyrrole nitrogens is 1. The van der Waals surface area contributed by atoms with Crippen LogP contribution >= 0.6 is 11.6 Å². The highest BCUT2D eigenvalue weighted by atomic mass is 35.5. The highest BCUT2D eigenvalue weighted by Gasteiger charge is 2.46. The van der Waals surface area contributed by atoms with Gasteiger partial charge in [-0.2, -0.15) is 0 Å². The van der Waals surface area contributed by atoms with Gasteiger partial charge in [0.05, 0.1) is 17.7 Å². The number of aromatic amines is 1. The van der Waals surface area contributed by atoms with Gasteiger partial charge in [-0.05, 0) is 63.6 Å². The van der Waals surface area contributed by atoms with Gasteiger partial charge in [-0.25, -0.2) is 9.59 Å². The molecule has 196 valence electrons. The number of aromatic nitrogens is 1. The minimum atomic E-state index is -0.625. The van der Waals surface area contributed by atoms with Crippen LogP contribution in [0.1, 0.15) is 82.3 Å². The Balaban J connectivity index is 1.59. The van der Waals surface area contributed by atoms with Crippen molar-refractivity contribution in [1.82, 2.24) is 9.88 Å². The Morgan fingerprint density at radius 2 is 1.83 bits per heavy atom. The second-order valence-electron chi connectivity index (χ2n) is 11.0. The number of hydrogen-bond acceptors (Lipinski definition) is 5. The number of rotatable bonds is 6. The zero-order valence-electron chi connectivity index (χ0n) is 21.7. The molecule has 1 aliphatic heterocycles. The van der Waals surface area contributed by atoms with Crippen molar-refractivity contribution in [3.05, 3.63) is 34.5 Å². The van der Waals surface area contributed by atoms with Gasteiger partial charge in [0.15, 0.2) is 5.78 Å². The number of carbonyl (C=O) groups is 3. The Bertz CT molecular complexity index is 1130. The minimum absolute atomic E-state index is 0.0190. The molecule has 2 heterocycles. The van der Waals surface area contributed by atoms with Crippen molar-refractivity contribution >= 4 is 40.3 Å². The van der Waals surface area contributed by atoms with E-state index in [-0.39, 0.29) is 35.4 Å². The second kappa shape index (κ2) is 10.8. The molecule has 1 saturated carbocycles. The summed E-state index contributed by atoms with van der Waals surface area (Å²) in [5.74, 6) is 0.116. The Hall–Kier alpha value is -2.54. The van der Waals surface area contributed by atoms with Crippen LogP contribution < -0.4 is 0 Å². The smallest absolute Gasteiger partial charge is 0.410 e. The van der Waals surface area contributed by atoms with Gasteiger partial charge in [0.1, 0.15) is 11.3 Å². The first-order chi connectivity index (χ1) is 17.1. The summed E-state index contributed by atoms with van der Waals surface area (Å²) in [4.78, 5) is 43.8. The first-order valence-electron chi connectivity index (χ1n) is 13.1. The summed E-state index contributed by atoms with van der Waals surface area (Å²) in [5, 5.41) is 0.957. The first kappa shape index (κ1) is 26.5. The fourth-order valence-electron chi connectivity index (χ4n) is 5.78. The molecule has 7 nitrogen and oxygen atoms in total. The van der Waals surface area contributed by atoms with Crippen molar-refractivity contribution < 1.29 is 23.9 Å². The lowest BCUT2D eigenvalue weighted by Crippen LogP contribution is -2.47. The zero-order chi connectivity index (χ0) is 26.0. The second-order valence-corrected chi connectivity index (χ2v) is 11.4. The van der Waals surface area contributed by atoms with E-state index in [1.165, 1.54) is 19.3 Å². The quantitative estimate of drug-likeness (QED) is 0.454. The normalized spacial score (nSPS) is 21.1. The van der Waals surface area contributed by atoms with Gasteiger partial charge in [0.2, 0.25) is 0 Å². The predicted molar refractivity (Wildman–Crippen MR) is 139 cm³/mol. The molecular formula is C28H37ClN2O5. The number of esters is 1. The van der Waals surface area contributed by atoms with Crippen LogP contribution in [0.5, 0.6) is 0 Å². The molecule has 0 unspecified atom stereocenters. The Kier molecular flexibility index (Phi) is 7.98. The SMILES string of the molecule is CCOC(=O)c1[nH]c2ccc(CC(=O)[C@@H]3[C@H](C4CCCCC4)CCN3C(=O)OC(C)(C)C)cc2c1Cl. The lowest BCUT2D eigenvalue weighted by atomic mass is 9.75. The Morgan fingerprint density at radius 1 is 1.11 bits per heavy atom. The van der Waals surface area contributed by atoms with Crippen molar-refractivity contribution in [2.75, 3.05) is 13.2 Å². The topological polar surface area (TPSA) is 88.7 Å². The third kappa shape index (κ3) is 5.72. The van der Waals surface area contributed by atoms with Crippen LogP contribution in [0.25, 0.3) is 10.9 Å². The van der Waals surface area contributed by atoms with E-state index in [1.807, 2.05) is 39.0 Å². The molecule has 0 radical (unpaired) electrons. The Labute approximate surface area is 217 Å². The molecule has 2 atom stereocenters. The zero-order valence-corrected chi connectivity index (χ0v) is 22.5. The molecule has 36 heavy (non-hydrogen) atoms. The predicted octanol–water partition coefficient (Wildman–Crippen LogP) is 6.32. The molecule has 1 amide bonds. The van der Waals surface area contributed by atoms with Crippen LogP contribution in [0.3, 0.4) is 0 Å². The maximum absolute atomic E-state index is 13.8. The summed E-state index contributed by atoms with van der Waals surface area (Å²) in [6.07, 6.45) is 6.41. The highest BCUT2D eigenvalue weighted by molar-refractivity contribution is 6.38. The molecular weight excluding hydrogens is 480 g/mol. The average Bonchev–Trinajstić information content (AvgIpc) is 3.41. The molecule has 2 aliphatic rings. The van der Waals surface area contributed by atoms with Gasteiger partial charge < -0.3 is 14.5 Å². The molecule has 2 aromatic rings. The van der Waals surface area contributed by atoms with Crippen LogP contribution in [0.4, 0.5) is 4.79 Å². The molecule has 2 fully saturated rings. The standard InChI is InChI=1S/C28H37ClN2O5/c1-5-35-26(33)24-23(29)20-15-17(11-12-21(20)30-24)16-22(32)25-19(18-9-7-6-8-10-18)13-14-31(25)27(34)36-28(2,3)4/h11-12,15,18-19,25,30H,5-10,13-14,16H2,1-4H3/t19-,25-/m0/s1. The highest BCUT2D eigenvalue weighted by Crippen LogP contribution is 2.40. The number of hydrogen-bond donors (Lipinski definition) is 1. The van der Waals surface area contributed by atoms with E-state index in [4.69, 9.17) is 21.1 Å². The molecule has 1 aromatic carbocycles. The van der Waals surface area contributed by atoms with E-state index in [2.05, 4.69) is 4.98 Å². The number of ketones is 1. The molecule has 8 heteroatoms. The summed E-state index contributed by atoms with van der Waals surface area (Å²) in [5.41, 5.74) is 1.08. The van der Waals surface area contributed by atoms with Crippen LogP contribution in [0, 0.1) is 11.8 Å². The van der Waals surface area contributed by atoms with Gasteiger partial charge in [-0.1, -0.05) is 49.8 Å². The van der Waals surface area contributed by atoms with Crippen molar-refractivity contribution in [3.63, 3.8) is 0 Å². The van der Waals surface area contributed by atoms with Crippen molar-refractivity contribution in [1.29, 1.82) is 0 Å². The number of halogens is 1. The third-order valence-corrected chi connectivity index (χ3v) is 7.71. The maximum atomic E-state index is 13.8. The average molecular weight is 517 g/mol. The van der Waals surface area contributed by atoms with Gasteiger partial charge >= 0.3 is 12.1 Å². The maximum Gasteiger partial charge on any atom is 0.410 e. The number of nitrogens with zero attached hydrogens (tertiary/aromatic N) is 1. The number of nitrogens with one attached hydrogen (secondary N) is 1. The number of benzene rings is 1. The van der Waals surface area contributed by atoms with E-state index < -0.39 is 23.7 Å². The molecule has 1 aromatic heterocycles. The van der Waals surface area contributed by atoms with Gasteiger partial charge in [0.25, 0.3) is 0 Å². The minimum Gasteiger partial charge on any atom is -0.461 e. The van der Waals surface area contributed by atoms with Crippen LogP contribution in [-0.2, 0) is 20.7 Å². The number of fused-ring (bicyclic) bond motifs is 1. The number of carbonyl (C=O) groups excluding carboxylic acids is 3. The van der Waals surface area contributed by atoms with E-state index in [0.717, 1.165) is 24.8 Å². The number of ether oxygens (including phenoxy) is 2. The lowest BCUT2D eigenvalue weighted by Gasteiger charge is -2.34. The summed E-state index contributed by atoms with van der Waals surface area (Å²) in [6.45, 7) is 8.06. The van der Waals surface area contributed by atoms with Crippen molar-refractivity contribution in [3.8, 4) is 0 Å². The fourth-order valence-corrected chi connectivity index (χ4v) is 6.06. The van der Waals surface area contributed by atoms with E-state index in [1.54, 1.807) is 11.8 Å². The number of likely N-dealkylation sites (tertiary alicyclic amines) is 1. The summed E-state index contributed by atoms with van der Waals surface area (Å²) in [6, 6.07) is 5.04. The van der Waals surface area contributed by atoms with Gasteiger partial charge in [-0.15, -0.1) is 0 Å². The van der Waals surface area contributed by atoms with Crippen LogP contribution in [-0.4, -0.2) is 52.5 Å². The van der Waals surface area contributed by atoms with Crippen molar-refractivity contribution in [2.45, 2.75) is 84.3 Å². The monoisotopic (exact) mass is 516 g/mol. The number of Topliss-reactive ketones (excluding diaryl/α,β-unsaturated/α-hetero) is 1. The summed E-state index contributed by atoms with van der Waals surface area (Å²) >= 11 is 6.49. The third-order valence-electron chi connectivity index (χ3n) is 7.32. The molecule has 4 rings (SSSR count). The van der Waals surface area contributed by atoms with Crippen molar-refractivity contribution in [2.24, 2.45) is 11.8 Å². The van der Waals surface area contributed by atoms with Gasteiger partial charge in [0, 0.05) is 23.9 Å². The molecule has 0 bridgehead atoms. The van der Waals surface area contributed by atoms with E-state index in [0.29, 0.717) is 23.4 Å². The molecule has 0 spiro atoms. The summed E-state index contributed by atoms with van der Waals surface area (Å²) in [7, 11) is 0. The summed E-state index contributed by atoms with van der Waals surface area (Å²) < 4.78 is 10.8. The molecule has 1 saturated heterocycles. The first-order valence-corrected chi connectivity index (χ1v) is 13.5. The molecule has 1 aliphatic carbocycles. The van der Waals surface area contributed by atoms with E-state index >= 15 is 0 Å². The number of amides is 1. The van der Waals surface area contributed by atoms with Crippen LogP contribution in [0.2, 0.25) is 5.02 Å². The largest absolute Gasteiger partial charge is 0.461 e.